The monoisotopic (exact) mass is 657 g/mol. The number of hydrogen-bond acceptors (Lipinski definition) is 10. The summed E-state index contributed by atoms with van der Waals surface area (Å²) >= 11 is 1.19. The molecule has 47 heavy (non-hydrogen) atoms. The molecule has 10 nitrogen and oxygen atoms in total. The van der Waals surface area contributed by atoms with Crippen LogP contribution in [-0.4, -0.2) is 94.9 Å². The Morgan fingerprint density at radius 2 is 1.89 bits per heavy atom. The molecule has 4 aromatic rings. The fourth-order valence-corrected chi connectivity index (χ4v) is 8.47. The van der Waals surface area contributed by atoms with Crippen LogP contribution >= 0.6 is 11.3 Å². The first-order chi connectivity index (χ1) is 22.6. The number of halogens is 2. The molecule has 1 aliphatic carbocycles. The van der Waals surface area contributed by atoms with E-state index in [9.17, 15) is 24.7 Å². The van der Waals surface area contributed by atoms with Gasteiger partial charge >= 0.3 is 0 Å². The number of hydrogen-bond donors (Lipinski definition) is 2. The van der Waals surface area contributed by atoms with E-state index >= 15 is 4.39 Å². The number of amides is 1. The summed E-state index contributed by atoms with van der Waals surface area (Å²) in [5.41, 5.74) is 3.88. The maximum absolute atomic E-state index is 15.9. The van der Waals surface area contributed by atoms with Crippen molar-refractivity contribution in [2.45, 2.75) is 31.5 Å². The average molecular weight is 658 g/mol. The molecular formula is C34H33F2N7O3S. The summed E-state index contributed by atoms with van der Waals surface area (Å²) < 4.78 is 29.5. The molecule has 3 fully saturated rings. The fraction of sp³-hybridized carbons (Fsp3) is 0.412. The first kappa shape index (κ1) is 30.1. The molecule has 242 valence electrons. The van der Waals surface area contributed by atoms with E-state index in [1.807, 2.05) is 27.8 Å². The fourth-order valence-electron chi connectivity index (χ4n) is 7.62. The van der Waals surface area contributed by atoms with Gasteiger partial charge in [-0.15, -0.1) is 0 Å². The van der Waals surface area contributed by atoms with Crippen LogP contribution in [0.2, 0.25) is 0 Å². The van der Waals surface area contributed by atoms with E-state index in [1.54, 1.807) is 12.1 Å². The molecule has 0 bridgehead atoms. The van der Waals surface area contributed by atoms with E-state index < -0.39 is 11.9 Å². The van der Waals surface area contributed by atoms with Crippen LogP contribution in [0.4, 0.5) is 25.3 Å². The van der Waals surface area contributed by atoms with Crippen LogP contribution in [0.25, 0.3) is 22.2 Å². The molecule has 5 heterocycles. The number of pyridine rings is 1. The number of benzene rings is 2. The summed E-state index contributed by atoms with van der Waals surface area (Å²) in [5.74, 6) is -0.790. The van der Waals surface area contributed by atoms with Crippen LogP contribution in [0.3, 0.4) is 0 Å². The van der Waals surface area contributed by atoms with Crippen molar-refractivity contribution in [1.29, 1.82) is 5.26 Å². The van der Waals surface area contributed by atoms with Gasteiger partial charge in [0.2, 0.25) is 5.91 Å². The Kier molecular flexibility index (Phi) is 7.18. The van der Waals surface area contributed by atoms with E-state index in [-0.39, 0.29) is 28.8 Å². The Hall–Kier alpha value is -4.22. The molecule has 0 radical (unpaired) electrons. The lowest BCUT2D eigenvalue weighted by Crippen LogP contribution is -2.73. The Morgan fingerprint density at radius 1 is 1.13 bits per heavy atom. The summed E-state index contributed by atoms with van der Waals surface area (Å²) in [6, 6.07) is 11.5. The normalized spacial score (nSPS) is 21.5. The molecule has 1 spiro atoms. The van der Waals surface area contributed by atoms with Crippen molar-refractivity contribution in [3.8, 4) is 17.3 Å². The van der Waals surface area contributed by atoms with Crippen molar-refractivity contribution >= 4 is 44.7 Å². The van der Waals surface area contributed by atoms with E-state index in [0.717, 1.165) is 17.8 Å². The molecule has 2 atom stereocenters. The third-order valence-electron chi connectivity index (χ3n) is 10.0. The van der Waals surface area contributed by atoms with Gasteiger partial charge in [0.1, 0.15) is 28.0 Å². The molecule has 13 heteroatoms. The van der Waals surface area contributed by atoms with Crippen molar-refractivity contribution in [1.82, 2.24) is 19.8 Å². The van der Waals surface area contributed by atoms with Gasteiger partial charge in [0, 0.05) is 73.9 Å². The van der Waals surface area contributed by atoms with Crippen molar-refractivity contribution in [2.75, 3.05) is 62.7 Å². The van der Waals surface area contributed by atoms with Gasteiger partial charge in [0.05, 0.1) is 30.1 Å². The minimum absolute atomic E-state index is 0.0170. The first-order valence-corrected chi connectivity index (χ1v) is 16.6. The van der Waals surface area contributed by atoms with Crippen molar-refractivity contribution in [3.63, 3.8) is 0 Å². The molecule has 3 saturated heterocycles. The number of β-amino-alcohol motifs (C(OH)–C–C–N with tert-alkyl or cyclic N) is 1. The number of thiazole rings is 1. The zero-order valence-corrected chi connectivity index (χ0v) is 26.6. The van der Waals surface area contributed by atoms with Gasteiger partial charge < -0.3 is 24.9 Å². The summed E-state index contributed by atoms with van der Waals surface area (Å²) in [6.07, 6.45) is 0.561. The van der Waals surface area contributed by atoms with Crippen molar-refractivity contribution < 1.29 is 23.8 Å². The maximum Gasteiger partial charge on any atom is 0.236 e. The second-order valence-electron chi connectivity index (χ2n) is 13.3. The number of carbonyl (C=O) groups excluding carboxylic acids is 1. The maximum atomic E-state index is 15.9. The Bertz CT molecular complexity index is 1950. The molecular weight excluding hydrogens is 624 g/mol. The predicted octanol–water partition coefficient (Wildman–Crippen LogP) is 3.97. The minimum atomic E-state index is -0.809. The molecule has 1 amide bonds. The van der Waals surface area contributed by atoms with E-state index in [2.05, 4.69) is 16.0 Å². The second-order valence-corrected chi connectivity index (χ2v) is 14.3. The number of carbonyl (C=O) groups is 1. The number of anilines is 3. The van der Waals surface area contributed by atoms with Crippen molar-refractivity contribution in [2.24, 2.45) is 5.41 Å². The molecule has 2 aromatic heterocycles. The SMILES string of the molecule is CN(c1nc(-c2ccc(F)cc2)c(C#N)s1)c1c2c(nc3c(F)cc(N4CC5(CN(C(=O)CN6CC[C@H](O)C6)C5)C4)cc13)C(O)CC2. The minimum Gasteiger partial charge on any atom is -0.392 e. The van der Waals surface area contributed by atoms with Gasteiger partial charge in [-0.2, -0.15) is 5.26 Å². The summed E-state index contributed by atoms with van der Waals surface area (Å²) in [7, 11) is 1.82. The molecule has 8 rings (SSSR count). The number of nitrogens with zero attached hydrogens (tertiary/aromatic N) is 7. The van der Waals surface area contributed by atoms with Gasteiger partial charge in [-0.3, -0.25) is 9.69 Å². The van der Waals surface area contributed by atoms with Crippen LogP contribution < -0.4 is 9.80 Å². The third-order valence-corrected chi connectivity index (χ3v) is 11.0. The van der Waals surface area contributed by atoms with Crippen LogP contribution in [0.5, 0.6) is 0 Å². The highest BCUT2D eigenvalue weighted by molar-refractivity contribution is 7.16. The zero-order chi connectivity index (χ0) is 32.6. The molecule has 4 aliphatic rings. The average Bonchev–Trinajstić information content (AvgIpc) is 3.73. The summed E-state index contributed by atoms with van der Waals surface area (Å²) in [6.45, 7) is 4.33. The van der Waals surface area contributed by atoms with Gasteiger partial charge in [-0.1, -0.05) is 11.3 Å². The topological polar surface area (TPSA) is 120 Å². The van der Waals surface area contributed by atoms with Gasteiger partial charge in [0.15, 0.2) is 10.9 Å². The van der Waals surface area contributed by atoms with Crippen molar-refractivity contribution in [3.05, 3.63) is 64.2 Å². The number of aliphatic hydroxyl groups excluding tert-OH is 2. The van der Waals surface area contributed by atoms with Crippen LogP contribution in [0, 0.1) is 28.4 Å². The van der Waals surface area contributed by atoms with Gasteiger partial charge in [-0.25, -0.2) is 18.7 Å². The van der Waals surface area contributed by atoms with Crippen LogP contribution in [-0.2, 0) is 11.2 Å². The van der Waals surface area contributed by atoms with E-state index in [4.69, 9.17) is 4.98 Å². The second kappa shape index (κ2) is 11.2. The number of fused-ring (bicyclic) bond motifs is 2. The lowest BCUT2D eigenvalue weighted by Gasteiger charge is -2.61. The lowest BCUT2D eigenvalue weighted by atomic mass is 9.72. The quantitative estimate of drug-likeness (QED) is 0.318. The number of aliphatic hydroxyl groups is 2. The summed E-state index contributed by atoms with van der Waals surface area (Å²) in [5, 5.41) is 31.5. The molecule has 2 aromatic carbocycles. The first-order valence-electron chi connectivity index (χ1n) is 15.8. The Balaban J connectivity index is 1.08. The van der Waals surface area contributed by atoms with Crippen LogP contribution in [0.1, 0.15) is 35.1 Å². The smallest absolute Gasteiger partial charge is 0.236 e. The number of nitriles is 1. The Morgan fingerprint density at radius 3 is 2.60 bits per heavy atom. The zero-order valence-electron chi connectivity index (χ0n) is 25.8. The Labute approximate surface area is 274 Å². The van der Waals surface area contributed by atoms with E-state index in [1.165, 1.54) is 29.5 Å². The highest BCUT2D eigenvalue weighted by Gasteiger charge is 2.53. The summed E-state index contributed by atoms with van der Waals surface area (Å²) in [4.78, 5) is 30.4. The molecule has 0 saturated carbocycles. The molecule has 3 aliphatic heterocycles. The number of rotatable bonds is 6. The highest BCUT2D eigenvalue weighted by Crippen LogP contribution is 2.47. The van der Waals surface area contributed by atoms with Gasteiger partial charge in [0.25, 0.3) is 0 Å². The standard InChI is InChI=1S/C34H33F2N7O3S/c1-40(33-39-29(27(12-37)47-33)19-2-4-20(35)5-3-19)32-23-6-7-26(45)31(23)38-30-24(32)10-21(11-25(30)36)42-15-34(16-42)17-43(18-34)28(46)14-41-9-8-22(44)13-41/h2-5,10-11,22,26,44-45H,6-9,13-18H2,1H3/t22-,26?/m0/s1. The molecule has 2 N–H and O–H groups in total. The predicted molar refractivity (Wildman–Crippen MR) is 174 cm³/mol. The highest BCUT2D eigenvalue weighted by atomic mass is 32.1. The van der Waals surface area contributed by atoms with Gasteiger partial charge in [-0.05, 0) is 55.7 Å². The lowest BCUT2D eigenvalue weighted by molar-refractivity contribution is -0.146. The van der Waals surface area contributed by atoms with E-state index in [0.29, 0.717) is 96.6 Å². The molecule has 1 unspecified atom stereocenters. The number of likely N-dealkylation sites (tertiary alicyclic amines) is 2. The largest absolute Gasteiger partial charge is 0.392 e. The third kappa shape index (κ3) is 5.11. The number of aromatic nitrogens is 2. The van der Waals surface area contributed by atoms with Crippen LogP contribution in [0.15, 0.2) is 36.4 Å².